The Morgan fingerprint density at radius 2 is 1.94 bits per heavy atom. The predicted molar refractivity (Wildman–Crippen MR) is 64.2 cm³/mol. The molecule has 1 aromatic carbocycles. The highest BCUT2D eigenvalue weighted by molar-refractivity contribution is 5.82. The maximum absolute atomic E-state index is 5.83. The van der Waals surface area contributed by atoms with Crippen molar-refractivity contribution in [3.63, 3.8) is 0 Å². The summed E-state index contributed by atoms with van der Waals surface area (Å²) in [5, 5.41) is 0. The number of hydrogen-bond donors (Lipinski definition) is 1. The molecule has 0 spiro atoms. The lowest BCUT2D eigenvalue weighted by atomic mass is 10.1. The van der Waals surface area contributed by atoms with E-state index >= 15 is 0 Å². The molecule has 0 aliphatic carbocycles. The highest BCUT2D eigenvalue weighted by Gasteiger charge is 1.97. The molecule has 0 aliphatic heterocycles. The Bertz CT molecular complexity index is 446. The van der Waals surface area contributed by atoms with Crippen molar-refractivity contribution in [3.05, 3.63) is 60.1 Å². The van der Waals surface area contributed by atoms with Gasteiger partial charge in [-0.25, -0.2) is 0 Å². The number of nitrogens with two attached hydrogens (primary N) is 1. The molecular weight excluding hydrogens is 200 g/mol. The van der Waals surface area contributed by atoms with Crippen LogP contribution in [0, 0.1) is 0 Å². The van der Waals surface area contributed by atoms with E-state index < -0.39 is 0 Å². The second kappa shape index (κ2) is 5.16. The van der Waals surface area contributed by atoms with Crippen LogP contribution in [0.2, 0.25) is 0 Å². The lowest BCUT2D eigenvalue weighted by Gasteiger charge is -2.00. The van der Waals surface area contributed by atoms with Crippen LogP contribution in [0.3, 0.4) is 0 Å². The summed E-state index contributed by atoms with van der Waals surface area (Å²) in [7, 11) is 0. The van der Waals surface area contributed by atoms with Crippen molar-refractivity contribution in [1.29, 1.82) is 0 Å². The average Bonchev–Trinajstić information content (AvgIpc) is 2.81. The maximum Gasteiger partial charge on any atom is 0.125 e. The fourth-order valence-electron chi connectivity index (χ4n) is 1.44. The van der Waals surface area contributed by atoms with Gasteiger partial charge in [0.25, 0.3) is 0 Å². The topological polar surface area (TPSA) is 51.5 Å². The molecule has 82 valence electrons. The number of furan rings is 1. The third kappa shape index (κ3) is 2.98. The lowest BCUT2D eigenvalue weighted by Crippen LogP contribution is -2.15. The van der Waals surface area contributed by atoms with Gasteiger partial charge in [-0.2, -0.15) is 0 Å². The van der Waals surface area contributed by atoms with Crippen molar-refractivity contribution in [1.82, 2.24) is 0 Å². The van der Waals surface area contributed by atoms with Crippen molar-refractivity contribution in [2.45, 2.75) is 13.0 Å². The minimum atomic E-state index is 0.506. The molecule has 3 heteroatoms. The van der Waals surface area contributed by atoms with E-state index in [1.165, 1.54) is 5.56 Å². The molecule has 0 aliphatic rings. The fourth-order valence-corrected chi connectivity index (χ4v) is 1.44. The molecule has 0 fully saturated rings. The summed E-state index contributed by atoms with van der Waals surface area (Å²) >= 11 is 0. The Kier molecular flexibility index (Phi) is 3.38. The molecule has 16 heavy (non-hydrogen) atoms. The van der Waals surface area contributed by atoms with E-state index in [0.29, 0.717) is 18.8 Å². The molecule has 2 N–H and O–H groups in total. The third-order valence-electron chi connectivity index (χ3n) is 2.25. The van der Waals surface area contributed by atoms with E-state index in [-0.39, 0.29) is 0 Å². The molecule has 0 unspecified atom stereocenters. The Morgan fingerprint density at radius 1 is 1.12 bits per heavy atom. The number of nitrogens with zero attached hydrogens (tertiary/aromatic N) is 1. The monoisotopic (exact) mass is 214 g/mol. The van der Waals surface area contributed by atoms with Crippen LogP contribution in [0.1, 0.15) is 11.3 Å². The van der Waals surface area contributed by atoms with E-state index in [2.05, 4.69) is 4.99 Å². The SMILES string of the molecule is NC(Cc1ccccc1)=NCc1ccco1. The van der Waals surface area contributed by atoms with Gasteiger partial charge in [0.05, 0.1) is 18.6 Å². The standard InChI is InChI=1S/C13H14N2O/c14-13(9-11-5-2-1-3-6-11)15-10-12-7-4-8-16-12/h1-8H,9-10H2,(H2,14,15). The van der Waals surface area contributed by atoms with Crippen molar-refractivity contribution in [3.8, 4) is 0 Å². The molecule has 0 amide bonds. The van der Waals surface area contributed by atoms with Gasteiger partial charge in [0.2, 0.25) is 0 Å². The van der Waals surface area contributed by atoms with E-state index in [0.717, 1.165) is 5.76 Å². The van der Waals surface area contributed by atoms with Crippen LogP contribution in [-0.4, -0.2) is 5.84 Å². The maximum atomic E-state index is 5.83. The van der Waals surface area contributed by atoms with Crippen LogP contribution in [0.4, 0.5) is 0 Å². The predicted octanol–water partition coefficient (Wildman–Crippen LogP) is 2.38. The van der Waals surface area contributed by atoms with Crippen molar-refractivity contribution in [2.75, 3.05) is 0 Å². The first-order valence-corrected chi connectivity index (χ1v) is 5.20. The Morgan fingerprint density at radius 3 is 2.62 bits per heavy atom. The summed E-state index contributed by atoms with van der Waals surface area (Å²) in [6, 6.07) is 13.8. The summed E-state index contributed by atoms with van der Waals surface area (Å²) in [5.41, 5.74) is 7.00. The van der Waals surface area contributed by atoms with Gasteiger partial charge in [0.1, 0.15) is 5.76 Å². The Labute approximate surface area is 94.6 Å². The van der Waals surface area contributed by atoms with Crippen molar-refractivity contribution >= 4 is 5.84 Å². The van der Waals surface area contributed by atoms with E-state index in [1.807, 2.05) is 42.5 Å². The fraction of sp³-hybridized carbons (Fsp3) is 0.154. The normalized spacial score (nSPS) is 11.6. The minimum Gasteiger partial charge on any atom is -0.467 e. The smallest absolute Gasteiger partial charge is 0.125 e. The number of benzene rings is 1. The van der Waals surface area contributed by atoms with E-state index in [4.69, 9.17) is 10.2 Å². The number of amidine groups is 1. The number of rotatable bonds is 4. The van der Waals surface area contributed by atoms with Crippen LogP contribution >= 0.6 is 0 Å². The van der Waals surface area contributed by atoms with Gasteiger partial charge < -0.3 is 10.2 Å². The van der Waals surface area contributed by atoms with Crippen LogP contribution in [-0.2, 0) is 13.0 Å². The largest absolute Gasteiger partial charge is 0.467 e. The highest BCUT2D eigenvalue weighted by Crippen LogP contribution is 2.03. The molecule has 0 bridgehead atoms. The Hall–Kier alpha value is -2.03. The molecule has 3 nitrogen and oxygen atoms in total. The molecule has 1 aromatic heterocycles. The molecule has 0 saturated heterocycles. The van der Waals surface area contributed by atoms with Gasteiger partial charge in [-0.05, 0) is 17.7 Å². The summed E-state index contributed by atoms with van der Waals surface area (Å²) in [6.45, 7) is 0.506. The van der Waals surface area contributed by atoms with E-state index in [9.17, 15) is 0 Å². The number of aliphatic imine (C=N–C) groups is 1. The molecule has 2 rings (SSSR count). The van der Waals surface area contributed by atoms with Gasteiger partial charge in [-0.15, -0.1) is 0 Å². The quantitative estimate of drug-likeness (QED) is 0.627. The van der Waals surface area contributed by atoms with Crippen LogP contribution < -0.4 is 5.73 Å². The first-order chi connectivity index (χ1) is 7.84. The zero-order valence-electron chi connectivity index (χ0n) is 8.97. The first kappa shape index (κ1) is 10.5. The van der Waals surface area contributed by atoms with Gasteiger partial charge in [0, 0.05) is 6.42 Å². The van der Waals surface area contributed by atoms with Crippen molar-refractivity contribution < 1.29 is 4.42 Å². The summed E-state index contributed by atoms with van der Waals surface area (Å²) in [4.78, 5) is 4.26. The molecular formula is C13H14N2O. The second-order valence-corrected chi connectivity index (χ2v) is 3.55. The highest BCUT2D eigenvalue weighted by atomic mass is 16.3. The molecule has 0 saturated carbocycles. The number of hydrogen-bond acceptors (Lipinski definition) is 2. The van der Waals surface area contributed by atoms with Crippen molar-refractivity contribution in [2.24, 2.45) is 10.7 Å². The van der Waals surface area contributed by atoms with Gasteiger partial charge >= 0.3 is 0 Å². The third-order valence-corrected chi connectivity index (χ3v) is 2.25. The average molecular weight is 214 g/mol. The molecule has 2 aromatic rings. The first-order valence-electron chi connectivity index (χ1n) is 5.20. The van der Waals surface area contributed by atoms with Gasteiger partial charge in [-0.1, -0.05) is 30.3 Å². The second-order valence-electron chi connectivity index (χ2n) is 3.55. The molecule has 0 radical (unpaired) electrons. The zero-order valence-corrected chi connectivity index (χ0v) is 8.97. The Balaban J connectivity index is 1.93. The van der Waals surface area contributed by atoms with Crippen LogP contribution in [0.5, 0.6) is 0 Å². The summed E-state index contributed by atoms with van der Waals surface area (Å²) < 4.78 is 5.17. The van der Waals surface area contributed by atoms with Crippen LogP contribution in [0.25, 0.3) is 0 Å². The lowest BCUT2D eigenvalue weighted by molar-refractivity contribution is 0.512. The minimum absolute atomic E-state index is 0.506. The summed E-state index contributed by atoms with van der Waals surface area (Å²) in [5.74, 6) is 1.46. The van der Waals surface area contributed by atoms with Gasteiger partial charge in [0.15, 0.2) is 0 Å². The van der Waals surface area contributed by atoms with Crippen LogP contribution in [0.15, 0.2) is 58.1 Å². The van der Waals surface area contributed by atoms with E-state index in [1.54, 1.807) is 6.26 Å². The zero-order chi connectivity index (χ0) is 11.2. The summed E-state index contributed by atoms with van der Waals surface area (Å²) in [6.07, 6.45) is 2.32. The van der Waals surface area contributed by atoms with Gasteiger partial charge in [-0.3, -0.25) is 4.99 Å². The molecule has 0 atom stereocenters. The molecule has 1 heterocycles.